The van der Waals surface area contributed by atoms with Gasteiger partial charge in [0.25, 0.3) is 0 Å². The zero-order chi connectivity index (χ0) is 57.1. The van der Waals surface area contributed by atoms with Crippen molar-refractivity contribution in [3.63, 3.8) is 0 Å². The molecule has 428 valence electrons. The number of nitrogens with one attached hydrogen (secondary N) is 8. The van der Waals surface area contributed by atoms with Crippen LogP contribution in [-0.2, 0) is 52.7 Å². The first-order chi connectivity index (χ1) is 35.3. The minimum Gasteiger partial charge on any atom is -0.481 e. The molecule has 0 bridgehead atoms. The van der Waals surface area contributed by atoms with Gasteiger partial charge in [-0.1, -0.05) is 48.0 Å². The molecule has 11 unspecified atom stereocenters. The summed E-state index contributed by atoms with van der Waals surface area (Å²) in [5.74, 6) is -11.4. The van der Waals surface area contributed by atoms with Crippen molar-refractivity contribution in [2.75, 3.05) is 32.8 Å². The Morgan fingerprint density at radius 1 is 0.560 bits per heavy atom. The zero-order valence-corrected chi connectivity index (χ0v) is 44.5. The van der Waals surface area contributed by atoms with Crippen LogP contribution in [0.2, 0.25) is 0 Å². The highest BCUT2D eigenvalue weighted by molar-refractivity contribution is 5.99. The average molecular weight is 1070 g/mol. The van der Waals surface area contributed by atoms with E-state index in [-0.39, 0.29) is 63.5 Å². The van der Waals surface area contributed by atoms with Crippen LogP contribution in [0.5, 0.6) is 0 Å². The average Bonchev–Trinajstić information content (AvgIpc) is 3.85. The Bertz CT molecular complexity index is 1930. The summed E-state index contributed by atoms with van der Waals surface area (Å²) in [7, 11) is 0. The molecule has 0 aromatic carbocycles. The van der Waals surface area contributed by atoms with E-state index in [9.17, 15) is 73.2 Å². The first-order valence-corrected chi connectivity index (χ1v) is 25.8. The molecule has 1 saturated heterocycles. The molecule has 0 radical (unpaired) electrons. The molecule has 1 rings (SSSR count). The normalized spacial score (nSPS) is 17.4. The van der Waals surface area contributed by atoms with Crippen molar-refractivity contribution in [3.8, 4) is 0 Å². The first kappa shape index (κ1) is 67.0. The smallest absolute Gasteiger partial charge is 0.326 e. The van der Waals surface area contributed by atoms with Gasteiger partial charge >= 0.3 is 11.9 Å². The van der Waals surface area contributed by atoms with Crippen molar-refractivity contribution < 1.29 is 73.2 Å². The summed E-state index contributed by atoms with van der Waals surface area (Å²) in [5, 5.41) is 58.8. The van der Waals surface area contributed by atoms with Gasteiger partial charge in [-0.05, 0) is 102 Å². The Labute approximate surface area is 438 Å². The van der Waals surface area contributed by atoms with E-state index in [0.29, 0.717) is 38.6 Å². The molecule has 1 fully saturated rings. The maximum atomic E-state index is 13.8. The number of hydrogen-bond donors (Lipinski definition) is 15. The molecule has 9 amide bonds. The Balaban J connectivity index is 3.26. The largest absolute Gasteiger partial charge is 0.481 e. The van der Waals surface area contributed by atoms with Crippen molar-refractivity contribution in [2.45, 2.75) is 186 Å². The van der Waals surface area contributed by atoms with Gasteiger partial charge in [-0.2, -0.15) is 0 Å². The number of hydrogen-bond acceptors (Lipinski definition) is 16. The number of likely N-dealkylation sites (tertiary alicyclic amines) is 1. The van der Waals surface area contributed by atoms with Gasteiger partial charge in [0.2, 0.25) is 53.2 Å². The topological polar surface area (TPSA) is 446 Å². The highest BCUT2D eigenvalue weighted by Crippen LogP contribution is 2.22. The van der Waals surface area contributed by atoms with Gasteiger partial charge in [-0.3, -0.25) is 47.9 Å². The number of carboxylic acid groups (broad SMARTS) is 2. The fourth-order valence-electron chi connectivity index (χ4n) is 8.04. The summed E-state index contributed by atoms with van der Waals surface area (Å²) in [4.78, 5) is 147. The molecular formula is C48H86N12O15. The van der Waals surface area contributed by atoms with Gasteiger partial charge in [-0.15, -0.1) is 0 Å². The van der Waals surface area contributed by atoms with Crippen LogP contribution in [0.4, 0.5) is 0 Å². The fourth-order valence-corrected chi connectivity index (χ4v) is 8.04. The van der Waals surface area contributed by atoms with E-state index in [1.54, 1.807) is 41.5 Å². The summed E-state index contributed by atoms with van der Waals surface area (Å²) < 4.78 is 0. The third-order valence-electron chi connectivity index (χ3n) is 12.5. The van der Waals surface area contributed by atoms with Crippen molar-refractivity contribution in [1.82, 2.24) is 47.4 Å². The van der Waals surface area contributed by atoms with E-state index < -0.39 is 151 Å². The Hall–Kier alpha value is -6.03. The lowest BCUT2D eigenvalue weighted by Gasteiger charge is -2.32. The van der Waals surface area contributed by atoms with Crippen LogP contribution in [0.25, 0.3) is 0 Å². The number of rotatable bonds is 36. The molecular weight excluding hydrogens is 985 g/mol. The van der Waals surface area contributed by atoms with Crippen LogP contribution in [0.1, 0.15) is 126 Å². The number of nitrogens with two attached hydrogens (primary N) is 3. The molecule has 0 aliphatic carbocycles. The molecule has 18 N–H and O–H groups in total. The quantitative estimate of drug-likeness (QED) is 0.0267. The summed E-state index contributed by atoms with van der Waals surface area (Å²) in [6.07, 6.45) is 1.73. The second-order valence-corrected chi connectivity index (χ2v) is 19.9. The van der Waals surface area contributed by atoms with Crippen molar-refractivity contribution in [3.05, 3.63) is 0 Å². The molecule has 0 spiro atoms. The van der Waals surface area contributed by atoms with Gasteiger partial charge in [0.05, 0.1) is 19.6 Å². The number of carbonyl (C=O) groups is 11. The van der Waals surface area contributed by atoms with Gasteiger partial charge in [0.15, 0.2) is 0 Å². The standard InChI is InChI=1S/C48H86N12O15/c1-8-27(6)38(59-40(66)29(51)23-61)47(73)60-19-13-16-36(60)46(72)58-35(24-62)45(71)53-30(14-9-11-17-49)41(67)57-34(22-37(63)64)42(68)52-28(7)39(65)55-32(20-25(2)3)44(70)56-33(21-26(4)5)43(69)54-31(48(74)75)15-10-12-18-50/h25-36,38,61-62H,8-24,49-51H2,1-7H3,(H,52,68)(H,53,71)(H,54,69)(H,55,65)(H,56,70)(H,57,67)(H,58,72)(H,59,66)(H,63,64)(H,74,75). The van der Waals surface area contributed by atoms with Crippen LogP contribution >= 0.6 is 0 Å². The van der Waals surface area contributed by atoms with Gasteiger partial charge in [0.1, 0.15) is 60.4 Å². The van der Waals surface area contributed by atoms with Crippen molar-refractivity contribution >= 4 is 65.1 Å². The van der Waals surface area contributed by atoms with E-state index in [1.807, 2.05) is 0 Å². The minimum absolute atomic E-state index is 0.0575. The molecule has 75 heavy (non-hydrogen) atoms. The summed E-state index contributed by atoms with van der Waals surface area (Å²) in [6, 6.07) is -13.7. The number of carbonyl (C=O) groups excluding carboxylic acids is 9. The van der Waals surface area contributed by atoms with Crippen molar-refractivity contribution in [1.29, 1.82) is 0 Å². The second kappa shape index (κ2) is 34.5. The van der Waals surface area contributed by atoms with Crippen LogP contribution in [0.3, 0.4) is 0 Å². The summed E-state index contributed by atoms with van der Waals surface area (Å²) in [6.45, 7) is 10.8. The van der Waals surface area contributed by atoms with E-state index >= 15 is 0 Å². The summed E-state index contributed by atoms with van der Waals surface area (Å²) >= 11 is 0. The third-order valence-corrected chi connectivity index (χ3v) is 12.5. The zero-order valence-electron chi connectivity index (χ0n) is 44.5. The molecule has 1 aliphatic heterocycles. The van der Waals surface area contributed by atoms with Crippen LogP contribution < -0.4 is 59.7 Å². The predicted molar refractivity (Wildman–Crippen MR) is 272 cm³/mol. The molecule has 0 aromatic rings. The lowest BCUT2D eigenvalue weighted by Crippen LogP contribution is -2.61. The molecule has 27 heteroatoms. The Kier molecular flexibility index (Phi) is 30.8. The maximum Gasteiger partial charge on any atom is 0.326 e. The molecule has 27 nitrogen and oxygen atoms in total. The van der Waals surface area contributed by atoms with Crippen LogP contribution in [-0.4, -0.2) is 184 Å². The van der Waals surface area contributed by atoms with Crippen LogP contribution in [0.15, 0.2) is 0 Å². The number of aliphatic hydroxyl groups excluding tert-OH is 2. The lowest BCUT2D eigenvalue weighted by molar-refractivity contribution is -0.143. The van der Waals surface area contributed by atoms with E-state index in [1.165, 1.54) is 11.8 Å². The Morgan fingerprint density at radius 2 is 1.03 bits per heavy atom. The summed E-state index contributed by atoms with van der Waals surface area (Å²) in [5.41, 5.74) is 16.8. The van der Waals surface area contributed by atoms with Gasteiger partial charge in [-0.25, -0.2) is 4.79 Å². The van der Waals surface area contributed by atoms with E-state index in [2.05, 4.69) is 42.5 Å². The monoisotopic (exact) mass is 1070 g/mol. The SMILES string of the molecule is CCC(C)C(NC(=O)C(N)CO)C(=O)N1CCCC1C(=O)NC(CO)C(=O)NC(CCCCN)C(=O)NC(CC(=O)O)C(=O)NC(C)C(=O)NC(CC(C)C)C(=O)NC(CC(C)C)C(=O)NC(CCCCN)C(=O)O. The number of unbranched alkanes of at least 4 members (excludes halogenated alkanes) is 2. The molecule has 1 aliphatic rings. The van der Waals surface area contributed by atoms with Gasteiger partial charge < -0.3 is 85.1 Å². The second-order valence-electron chi connectivity index (χ2n) is 19.9. The molecule has 0 saturated carbocycles. The van der Waals surface area contributed by atoms with Crippen LogP contribution in [0, 0.1) is 17.8 Å². The van der Waals surface area contributed by atoms with Gasteiger partial charge in [0, 0.05) is 6.54 Å². The predicted octanol–water partition coefficient (Wildman–Crippen LogP) is -3.86. The minimum atomic E-state index is -1.84. The first-order valence-electron chi connectivity index (χ1n) is 25.8. The van der Waals surface area contributed by atoms with E-state index in [4.69, 9.17) is 17.2 Å². The molecule has 1 heterocycles. The maximum absolute atomic E-state index is 13.8. The number of nitrogens with zero attached hydrogens (tertiary/aromatic N) is 1. The number of amides is 9. The third kappa shape index (κ3) is 23.6. The number of aliphatic hydroxyl groups is 2. The van der Waals surface area contributed by atoms with Crippen molar-refractivity contribution in [2.24, 2.45) is 35.0 Å². The number of aliphatic carboxylic acids is 2. The number of carboxylic acids is 2. The lowest BCUT2D eigenvalue weighted by atomic mass is 9.97. The highest BCUT2D eigenvalue weighted by Gasteiger charge is 2.41. The van der Waals surface area contributed by atoms with E-state index in [0.717, 1.165) is 0 Å². The highest BCUT2D eigenvalue weighted by atomic mass is 16.4. The molecule has 11 atom stereocenters. The Morgan fingerprint density at radius 3 is 1.51 bits per heavy atom. The fraction of sp³-hybridized carbons (Fsp3) is 0.771. The molecule has 0 aromatic heterocycles.